The molecular weight excluding hydrogens is 284 g/mol. The highest BCUT2D eigenvalue weighted by atomic mass is 32.2. The Bertz CT molecular complexity index is 634. The van der Waals surface area contributed by atoms with Gasteiger partial charge >= 0.3 is 0 Å². The predicted octanol–water partition coefficient (Wildman–Crippen LogP) is 0.970. The van der Waals surface area contributed by atoms with Gasteiger partial charge in [-0.25, -0.2) is 9.66 Å². The lowest BCUT2D eigenvalue weighted by atomic mass is 10.1. The fourth-order valence-corrected chi connectivity index (χ4v) is 3.85. The summed E-state index contributed by atoms with van der Waals surface area (Å²) in [6.07, 6.45) is 0. The molecule has 1 aromatic heterocycles. The van der Waals surface area contributed by atoms with Crippen LogP contribution in [-0.2, 0) is 0 Å². The minimum atomic E-state index is 0.224. The third-order valence-electron chi connectivity index (χ3n) is 3.87. The number of aromatic nitrogens is 2. The fraction of sp³-hybridized carbons (Fsp3) is 0.357. The van der Waals surface area contributed by atoms with E-state index in [4.69, 9.17) is 10.7 Å². The lowest BCUT2D eigenvalue weighted by Crippen LogP contribution is -2.49. The molecule has 1 saturated heterocycles. The predicted molar refractivity (Wildman–Crippen MR) is 85.5 cm³/mol. The number of nitrogen functional groups attached to an aromatic ring is 1. The van der Waals surface area contributed by atoms with Crippen LogP contribution in [0.2, 0.25) is 0 Å². The van der Waals surface area contributed by atoms with E-state index in [1.54, 1.807) is 11.8 Å². The lowest BCUT2D eigenvalue weighted by Gasteiger charge is -2.31. The van der Waals surface area contributed by atoms with E-state index in [1.807, 2.05) is 35.0 Å². The maximum absolute atomic E-state index is 6.27. The first-order valence-corrected chi connectivity index (χ1v) is 8.02. The monoisotopic (exact) mass is 302 g/mol. The zero-order valence-electron chi connectivity index (χ0n) is 11.6. The summed E-state index contributed by atoms with van der Waals surface area (Å²) >= 11 is 1.73. The van der Waals surface area contributed by atoms with Crippen LogP contribution >= 0.6 is 11.8 Å². The smallest absolute Gasteiger partial charge is 0.192 e. The van der Waals surface area contributed by atoms with E-state index in [9.17, 15) is 0 Å². The second-order valence-electron chi connectivity index (χ2n) is 5.21. The van der Waals surface area contributed by atoms with Crippen molar-refractivity contribution in [1.29, 1.82) is 0 Å². The van der Waals surface area contributed by atoms with Crippen molar-refractivity contribution in [2.75, 3.05) is 37.3 Å². The molecular formula is C14H18N6S. The Morgan fingerprint density at radius 3 is 2.67 bits per heavy atom. The van der Waals surface area contributed by atoms with Gasteiger partial charge in [0.2, 0.25) is 0 Å². The van der Waals surface area contributed by atoms with Crippen molar-refractivity contribution in [2.45, 2.75) is 10.7 Å². The van der Waals surface area contributed by atoms with E-state index < -0.39 is 0 Å². The minimum absolute atomic E-state index is 0.224. The van der Waals surface area contributed by atoms with Crippen LogP contribution in [0.4, 0.5) is 5.82 Å². The normalized spacial score (nSPS) is 22.0. The maximum atomic E-state index is 6.27. The fourth-order valence-electron chi connectivity index (χ4n) is 2.73. The van der Waals surface area contributed by atoms with Gasteiger partial charge in [-0.1, -0.05) is 30.3 Å². The third kappa shape index (κ3) is 2.27. The van der Waals surface area contributed by atoms with Gasteiger partial charge in [0.15, 0.2) is 11.0 Å². The number of piperazine rings is 1. The van der Waals surface area contributed by atoms with Gasteiger partial charge in [0, 0.05) is 31.7 Å². The number of hydrogen-bond acceptors (Lipinski definition) is 6. The first-order chi connectivity index (χ1) is 10.3. The van der Waals surface area contributed by atoms with Gasteiger partial charge in [-0.2, -0.15) is 0 Å². The van der Waals surface area contributed by atoms with E-state index in [1.165, 1.54) is 0 Å². The van der Waals surface area contributed by atoms with Crippen molar-refractivity contribution >= 4 is 17.6 Å². The molecule has 1 unspecified atom stereocenters. The summed E-state index contributed by atoms with van der Waals surface area (Å²) in [6, 6.07) is 10.1. The average molecular weight is 302 g/mol. The standard InChI is InChI=1S/C14H18N6S/c15-12-11(10-4-2-1-3-5-10)17-13-20(12)18-14(21-13)19-8-6-16-7-9-19/h1-5,14,16,18H,6-9,15H2. The molecule has 4 N–H and O–H groups in total. The van der Waals surface area contributed by atoms with Gasteiger partial charge in [-0.05, 0) is 11.8 Å². The summed E-state index contributed by atoms with van der Waals surface area (Å²) in [7, 11) is 0. The van der Waals surface area contributed by atoms with Crippen LogP contribution in [0, 0.1) is 0 Å². The summed E-state index contributed by atoms with van der Waals surface area (Å²) in [5.41, 5.74) is 11.9. The number of nitrogens with two attached hydrogens (primary N) is 1. The molecule has 6 nitrogen and oxygen atoms in total. The van der Waals surface area contributed by atoms with Gasteiger partial charge in [-0.3, -0.25) is 10.3 Å². The van der Waals surface area contributed by atoms with Crippen LogP contribution < -0.4 is 16.5 Å². The molecule has 0 bridgehead atoms. The van der Waals surface area contributed by atoms with Crippen molar-refractivity contribution in [3.8, 4) is 11.3 Å². The number of nitrogens with zero attached hydrogens (tertiary/aromatic N) is 3. The summed E-state index contributed by atoms with van der Waals surface area (Å²) in [6.45, 7) is 4.15. The van der Waals surface area contributed by atoms with Crippen LogP contribution in [0.15, 0.2) is 35.5 Å². The largest absolute Gasteiger partial charge is 0.382 e. The SMILES string of the molecule is Nc1c(-c2ccccc2)nc2n1NC(N1CCNCC1)S2. The van der Waals surface area contributed by atoms with Gasteiger partial charge < -0.3 is 11.1 Å². The van der Waals surface area contributed by atoms with Crippen LogP contribution in [-0.4, -0.2) is 46.2 Å². The van der Waals surface area contributed by atoms with Gasteiger partial charge in [0.1, 0.15) is 11.2 Å². The Balaban J connectivity index is 1.58. The molecule has 2 aromatic rings. The Kier molecular flexibility index (Phi) is 3.25. The van der Waals surface area contributed by atoms with Crippen molar-refractivity contribution in [3.05, 3.63) is 30.3 Å². The Morgan fingerprint density at radius 1 is 1.19 bits per heavy atom. The second-order valence-corrected chi connectivity index (χ2v) is 6.26. The highest BCUT2D eigenvalue weighted by molar-refractivity contribution is 8.00. The highest BCUT2D eigenvalue weighted by Crippen LogP contribution is 2.36. The second kappa shape index (κ2) is 5.25. The van der Waals surface area contributed by atoms with Gasteiger partial charge in [0.05, 0.1) is 0 Å². The zero-order valence-corrected chi connectivity index (χ0v) is 12.4. The number of imidazole rings is 1. The van der Waals surface area contributed by atoms with Crippen molar-refractivity contribution < 1.29 is 0 Å². The third-order valence-corrected chi connectivity index (χ3v) is 4.98. The first-order valence-electron chi connectivity index (χ1n) is 7.14. The number of anilines is 1. The number of benzene rings is 1. The van der Waals surface area contributed by atoms with Gasteiger partial charge in [0.25, 0.3) is 0 Å². The molecule has 1 fully saturated rings. The molecule has 110 valence electrons. The molecule has 0 amide bonds. The Labute approximate surface area is 127 Å². The summed E-state index contributed by atoms with van der Waals surface area (Å²) in [4.78, 5) is 7.12. The quantitative estimate of drug-likeness (QED) is 0.768. The molecule has 1 atom stereocenters. The zero-order chi connectivity index (χ0) is 14.2. The molecule has 7 heteroatoms. The number of rotatable bonds is 2. The number of thioether (sulfide) groups is 1. The molecule has 21 heavy (non-hydrogen) atoms. The molecule has 0 spiro atoms. The van der Waals surface area contributed by atoms with Crippen molar-refractivity contribution in [2.24, 2.45) is 0 Å². The molecule has 3 heterocycles. The molecule has 1 aromatic carbocycles. The molecule has 2 aliphatic heterocycles. The molecule has 0 radical (unpaired) electrons. The molecule has 0 saturated carbocycles. The summed E-state index contributed by atoms with van der Waals surface area (Å²) in [5.74, 6) is 0.682. The average Bonchev–Trinajstić information content (AvgIpc) is 3.09. The first kappa shape index (κ1) is 13.0. The van der Waals surface area contributed by atoms with Crippen LogP contribution in [0.25, 0.3) is 11.3 Å². The van der Waals surface area contributed by atoms with E-state index in [-0.39, 0.29) is 5.50 Å². The molecule has 4 rings (SSSR count). The minimum Gasteiger partial charge on any atom is -0.382 e. The molecule has 2 aliphatic rings. The Morgan fingerprint density at radius 2 is 1.95 bits per heavy atom. The number of nitrogens with one attached hydrogen (secondary N) is 2. The van der Waals surface area contributed by atoms with Crippen molar-refractivity contribution in [1.82, 2.24) is 19.9 Å². The lowest BCUT2D eigenvalue weighted by molar-refractivity contribution is 0.234. The van der Waals surface area contributed by atoms with E-state index in [2.05, 4.69) is 15.6 Å². The molecule has 0 aliphatic carbocycles. The van der Waals surface area contributed by atoms with E-state index in [0.29, 0.717) is 5.82 Å². The van der Waals surface area contributed by atoms with Crippen LogP contribution in [0.5, 0.6) is 0 Å². The van der Waals surface area contributed by atoms with Crippen LogP contribution in [0.1, 0.15) is 0 Å². The summed E-state index contributed by atoms with van der Waals surface area (Å²) in [5, 5.41) is 4.31. The highest BCUT2D eigenvalue weighted by Gasteiger charge is 2.31. The number of hydrogen-bond donors (Lipinski definition) is 3. The van der Waals surface area contributed by atoms with E-state index in [0.717, 1.165) is 42.6 Å². The van der Waals surface area contributed by atoms with Crippen molar-refractivity contribution in [3.63, 3.8) is 0 Å². The van der Waals surface area contributed by atoms with Crippen LogP contribution in [0.3, 0.4) is 0 Å². The number of fused-ring (bicyclic) bond motifs is 1. The summed E-state index contributed by atoms with van der Waals surface area (Å²) < 4.78 is 1.92. The van der Waals surface area contributed by atoms with Gasteiger partial charge in [-0.15, -0.1) is 0 Å². The Hall–Kier alpha value is -1.70. The van der Waals surface area contributed by atoms with E-state index >= 15 is 0 Å². The topological polar surface area (TPSA) is 71.1 Å². The maximum Gasteiger partial charge on any atom is 0.192 e.